The smallest absolute Gasteiger partial charge is 0.333 e. The largest absolute Gasteiger partial charge is 0.378 e. The van der Waals surface area contributed by atoms with E-state index in [0.29, 0.717) is 20.7 Å². The number of benzene rings is 3. The molecular weight excluding hydrogens is 673 g/mol. The van der Waals surface area contributed by atoms with Crippen molar-refractivity contribution in [1.82, 2.24) is 30.1 Å². The number of rotatable bonds is 9. The Morgan fingerprint density at radius 2 is 1.85 bits per heavy atom. The van der Waals surface area contributed by atoms with Crippen LogP contribution >= 0.6 is 34.5 Å². The maximum Gasteiger partial charge on any atom is 0.333 e. The van der Waals surface area contributed by atoms with Gasteiger partial charge in [0.2, 0.25) is 11.8 Å². The fourth-order valence-corrected chi connectivity index (χ4v) is 7.27. The highest BCUT2D eigenvalue weighted by Crippen LogP contribution is 2.33. The number of piperazine rings is 1. The highest BCUT2D eigenvalue weighted by Gasteiger charge is 2.52. The number of nitriles is 1. The number of anilines is 2. The zero-order chi connectivity index (χ0) is 34.1. The number of nitrogens with two attached hydrogens (primary N) is 1. The monoisotopic (exact) mass is 705 g/mol. The first-order valence-corrected chi connectivity index (χ1v) is 16.7. The van der Waals surface area contributed by atoms with Gasteiger partial charge in [0.1, 0.15) is 18.8 Å². The lowest BCUT2D eigenvalue weighted by molar-refractivity contribution is -0.157. The Kier molecular flexibility index (Phi) is 9.61. The molecule has 3 N–H and O–H groups in total. The van der Waals surface area contributed by atoms with Crippen LogP contribution in [0, 0.1) is 11.3 Å². The number of para-hydroxylation sites is 1. The fraction of sp³-hybridized carbons (Fsp3) is 0.303. The topological polar surface area (TPSA) is 142 Å². The van der Waals surface area contributed by atoms with Crippen molar-refractivity contribution in [2.24, 2.45) is 0 Å². The maximum absolute atomic E-state index is 14.3. The van der Waals surface area contributed by atoms with Crippen LogP contribution in [0.2, 0.25) is 10.0 Å². The van der Waals surface area contributed by atoms with E-state index in [4.69, 9.17) is 28.9 Å². The van der Waals surface area contributed by atoms with Gasteiger partial charge >= 0.3 is 6.03 Å². The molecule has 248 valence electrons. The number of nitrogen functional groups attached to an aromatic ring is 1. The Morgan fingerprint density at radius 3 is 2.56 bits per heavy atom. The van der Waals surface area contributed by atoms with E-state index in [1.807, 2.05) is 67.5 Å². The molecular formula is C33H33Cl2N9O3S. The zero-order valence-corrected chi connectivity index (χ0v) is 28.6. The van der Waals surface area contributed by atoms with E-state index >= 15 is 0 Å². The number of hydrogen-bond donors (Lipinski definition) is 2. The Labute approximate surface area is 291 Å². The molecule has 15 heteroatoms. The van der Waals surface area contributed by atoms with Gasteiger partial charge in [0, 0.05) is 39.3 Å². The van der Waals surface area contributed by atoms with Crippen molar-refractivity contribution in [3.63, 3.8) is 0 Å². The van der Waals surface area contributed by atoms with E-state index in [1.165, 1.54) is 16.3 Å². The first-order valence-electron chi connectivity index (χ1n) is 15.2. The van der Waals surface area contributed by atoms with E-state index in [1.54, 1.807) is 33.0 Å². The highest BCUT2D eigenvalue weighted by molar-refractivity contribution is 7.22. The summed E-state index contributed by atoms with van der Waals surface area (Å²) in [6.07, 6.45) is -0.431. The van der Waals surface area contributed by atoms with Crippen molar-refractivity contribution < 1.29 is 14.4 Å². The van der Waals surface area contributed by atoms with Crippen molar-refractivity contribution >= 4 is 73.4 Å². The molecule has 0 bridgehead atoms. The van der Waals surface area contributed by atoms with E-state index in [-0.39, 0.29) is 51.0 Å². The van der Waals surface area contributed by atoms with Crippen LogP contribution in [0.4, 0.5) is 15.6 Å². The Balaban J connectivity index is 1.31. The predicted molar refractivity (Wildman–Crippen MR) is 186 cm³/mol. The molecule has 0 aliphatic carbocycles. The lowest BCUT2D eigenvalue weighted by Gasteiger charge is -2.46. The fourth-order valence-electron chi connectivity index (χ4n) is 6.16. The van der Waals surface area contributed by atoms with Crippen LogP contribution in [0.25, 0.3) is 10.2 Å². The van der Waals surface area contributed by atoms with Gasteiger partial charge in [0.05, 0.1) is 39.4 Å². The number of amides is 4. The summed E-state index contributed by atoms with van der Waals surface area (Å²) in [6.45, 7) is -0.0399. The standard InChI is InChI=1S/C33H33Cl2N9O3S/c1-40(2)23-9-6-20(7-10-23)15-26-31(46)41(17-22-4-3-5-27-30(22)39-32(37)48-27)18-28-43(19-29(45)44(26)28)42(13-12-36)33(47)38-16-21-8-11-24(34)25(35)14-21/h3-11,14,26,28H,13,15-19H2,1-2H3,(H2,37,39)(H,38,47)/t26-,28+/m0/s1. The molecule has 12 nitrogen and oxygen atoms in total. The number of thiazole rings is 1. The second kappa shape index (κ2) is 13.9. The van der Waals surface area contributed by atoms with Crippen LogP contribution in [-0.4, -0.2) is 88.6 Å². The van der Waals surface area contributed by atoms with Crippen molar-refractivity contribution in [1.29, 1.82) is 5.26 Å². The predicted octanol–water partition coefficient (Wildman–Crippen LogP) is 4.33. The molecule has 2 aliphatic heterocycles. The summed E-state index contributed by atoms with van der Waals surface area (Å²) in [5, 5.41) is 16.6. The number of fused-ring (bicyclic) bond motifs is 2. The summed E-state index contributed by atoms with van der Waals surface area (Å²) >= 11 is 13.6. The quantitative estimate of drug-likeness (QED) is 0.245. The van der Waals surface area contributed by atoms with Crippen LogP contribution in [0.3, 0.4) is 0 Å². The second-order valence-electron chi connectivity index (χ2n) is 11.8. The van der Waals surface area contributed by atoms with Gasteiger partial charge in [-0.1, -0.05) is 64.9 Å². The number of hydrazine groups is 1. The lowest BCUT2D eigenvalue weighted by atomic mass is 9.99. The molecule has 3 heterocycles. The Bertz CT molecular complexity index is 1910. The van der Waals surface area contributed by atoms with E-state index in [9.17, 15) is 19.6 Å². The molecule has 2 atom stereocenters. The van der Waals surface area contributed by atoms with Gasteiger partial charge in [-0.25, -0.2) is 14.8 Å². The van der Waals surface area contributed by atoms with Gasteiger partial charge in [0.15, 0.2) is 5.13 Å². The van der Waals surface area contributed by atoms with Gasteiger partial charge < -0.3 is 25.8 Å². The molecule has 0 radical (unpaired) electrons. The van der Waals surface area contributed by atoms with Crippen molar-refractivity contribution in [2.75, 3.05) is 44.4 Å². The van der Waals surface area contributed by atoms with Crippen LogP contribution in [0.5, 0.6) is 0 Å². The van der Waals surface area contributed by atoms with Gasteiger partial charge in [-0.05, 0) is 47.0 Å². The normalized spacial score (nSPS) is 17.8. The van der Waals surface area contributed by atoms with E-state index in [0.717, 1.165) is 27.0 Å². The van der Waals surface area contributed by atoms with Crippen molar-refractivity contribution in [3.05, 3.63) is 87.4 Å². The average Bonchev–Trinajstić information content (AvgIpc) is 3.61. The molecule has 6 rings (SSSR count). The summed E-state index contributed by atoms with van der Waals surface area (Å²) < 4.78 is 0.908. The number of urea groups is 1. The SMILES string of the molecule is CN(C)c1ccc(C[C@H]2C(=O)N(Cc3cccc4sc(N)nc34)C[C@H]3N2C(=O)CN3N(CC#N)C(=O)NCc2ccc(Cl)c(Cl)c2)cc1. The van der Waals surface area contributed by atoms with Gasteiger partial charge in [-0.2, -0.15) is 10.3 Å². The van der Waals surface area contributed by atoms with Gasteiger partial charge in [-0.3, -0.25) is 9.59 Å². The average molecular weight is 707 g/mol. The minimum absolute atomic E-state index is 0.110. The zero-order valence-electron chi connectivity index (χ0n) is 26.3. The molecule has 2 fully saturated rings. The molecule has 48 heavy (non-hydrogen) atoms. The molecule has 0 unspecified atom stereocenters. The summed E-state index contributed by atoms with van der Waals surface area (Å²) in [5.74, 6) is -0.522. The number of halogens is 2. The summed E-state index contributed by atoms with van der Waals surface area (Å²) in [7, 11) is 3.90. The molecule has 4 aromatic rings. The minimum atomic E-state index is -0.839. The number of hydrogen-bond acceptors (Lipinski definition) is 9. The number of nitrogens with one attached hydrogen (secondary N) is 1. The number of carbonyl (C=O) groups is 3. The number of aromatic nitrogens is 1. The van der Waals surface area contributed by atoms with Crippen LogP contribution in [-0.2, 0) is 29.1 Å². The first kappa shape index (κ1) is 33.3. The molecule has 2 aliphatic rings. The van der Waals surface area contributed by atoms with E-state index < -0.39 is 18.2 Å². The number of nitrogens with zero attached hydrogens (tertiary/aromatic N) is 7. The van der Waals surface area contributed by atoms with Gasteiger partial charge in [-0.15, -0.1) is 0 Å². The van der Waals surface area contributed by atoms with E-state index in [2.05, 4.69) is 10.3 Å². The maximum atomic E-state index is 14.3. The molecule has 3 aromatic carbocycles. The highest BCUT2D eigenvalue weighted by atomic mass is 35.5. The molecule has 0 spiro atoms. The van der Waals surface area contributed by atoms with Crippen LogP contribution in [0.1, 0.15) is 16.7 Å². The molecule has 1 aromatic heterocycles. The molecule has 4 amide bonds. The van der Waals surface area contributed by atoms with Crippen LogP contribution < -0.4 is 16.0 Å². The van der Waals surface area contributed by atoms with Crippen LogP contribution in [0.15, 0.2) is 60.7 Å². The third-order valence-electron chi connectivity index (χ3n) is 8.52. The summed E-state index contributed by atoms with van der Waals surface area (Å²) in [5.41, 5.74) is 10.2. The molecule has 0 saturated carbocycles. The summed E-state index contributed by atoms with van der Waals surface area (Å²) in [4.78, 5) is 51.4. The Hall–Kier alpha value is -4.61. The van der Waals surface area contributed by atoms with Crippen molar-refractivity contribution in [2.45, 2.75) is 31.7 Å². The third-order valence-corrected chi connectivity index (χ3v) is 10.1. The second-order valence-corrected chi connectivity index (χ2v) is 13.7. The van der Waals surface area contributed by atoms with Crippen molar-refractivity contribution in [3.8, 4) is 6.07 Å². The number of carbonyl (C=O) groups excluding carboxylic acids is 3. The van der Waals surface area contributed by atoms with Gasteiger partial charge in [0.25, 0.3) is 0 Å². The Morgan fingerprint density at radius 1 is 1.10 bits per heavy atom. The third kappa shape index (κ3) is 6.70. The summed E-state index contributed by atoms with van der Waals surface area (Å²) in [6, 6.07) is 19.2. The molecule has 2 saturated heterocycles. The lowest BCUT2D eigenvalue weighted by Crippen LogP contribution is -2.66. The first-order chi connectivity index (χ1) is 23.0. The minimum Gasteiger partial charge on any atom is -0.378 e.